The van der Waals surface area contributed by atoms with Gasteiger partial charge in [0.1, 0.15) is 18.3 Å². The van der Waals surface area contributed by atoms with Crippen molar-refractivity contribution >= 4 is 5.97 Å². The van der Waals surface area contributed by atoms with E-state index in [-0.39, 0.29) is 25.4 Å². The summed E-state index contributed by atoms with van der Waals surface area (Å²) in [6.07, 6.45) is -0.653. The van der Waals surface area contributed by atoms with Crippen LogP contribution in [-0.4, -0.2) is 48.7 Å². The highest BCUT2D eigenvalue weighted by Crippen LogP contribution is 2.28. The molecule has 5 heteroatoms. The minimum atomic E-state index is -0.618. The third kappa shape index (κ3) is 1.54. The van der Waals surface area contributed by atoms with E-state index in [0.717, 1.165) is 6.08 Å². The van der Waals surface area contributed by atoms with Gasteiger partial charge in [-0.05, 0) is 0 Å². The quantitative estimate of drug-likeness (QED) is 0.469. The molecule has 0 saturated carbocycles. The maximum absolute atomic E-state index is 10.9. The Morgan fingerprint density at radius 3 is 2.86 bits per heavy atom. The average Bonchev–Trinajstić information content (AvgIpc) is 2.72. The molecule has 1 N–H and O–H groups in total. The predicted molar refractivity (Wildman–Crippen MR) is 45.6 cm³/mol. The lowest BCUT2D eigenvalue weighted by molar-refractivity contribution is -0.147. The first-order valence-electron chi connectivity index (χ1n) is 4.46. The number of aliphatic hydroxyl groups is 1. The van der Waals surface area contributed by atoms with E-state index in [1.54, 1.807) is 0 Å². The van der Waals surface area contributed by atoms with Crippen LogP contribution in [0.25, 0.3) is 0 Å². The molecule has 0 bridgehead atoms. The van der Waals surface area contributed by atoms with Crippen molar-refractivity contribution in [3.63, 3.8) is 0 Å². The minimum absolute atomic E-state index is 0.234. The maximum atomic E-state index is 10.9. The molecule has 2 aliphatic rings. The minimum Gasteiger partial charge on any atom is -0.454 e. The van der Waals surface area contributed by atoms with Gasteiger partial charge in [-0.15, -0.1) is 0 Å². The Morgan fingerprint density at radius 1 is 1.43 bits per heavy atom. The number of hydrogen-bond acceptors (Lipinski definition) is 5. The second kappa shape index (κ2) is 3.68. The van der Waals surface area contributed by atoms with E-state index < -0.39 is 18.2 Å². The Balaban J connectivity index is 1.96. The number of fused-ring (bicyclic) bond motifs is 1. The molecule has 0 unspecified atom stereocenters. The Morgan fingerprint density at radius 2 is 2.14 bits per heavy atom. The third-order valence-corrected chi connectivity index (χ3v) is 2.42. The third-order valence-electron chi connectivity index (χ3n) is 2.42. The lowest BCUT2D eigenvalue weighted by Gasteiger charge is -2.15. The van der Waals surface area contributed by atoms with E-state index in [1.165, 1.54) is 0 Å². The van der Waals surface area contributed by atoms with Crippen LogP contribution in [0.3, 0.4) is 0 Å². The summed E-state index contributed by atoms with van der Waals surface area (Å²) in [4.78, 5) is 10.9. The average molecular weight is 200 g/mol. The fraction of sp³-hybridized carbons (Fsp3) is 0.667. The molecular weight excluding hydrogens is 188 g/mol. The molecule has 4 atom stereocenters. The number of carbonyl (C=O) groups excluding carboxylic acids is 1. The van der Waals surface area contributed by atoms with Gasteiger partial charge in [0.15, 0.2) is 6.10 Å². The molecule has 2 saturated heterocycles. The Labute approximate surface area is 81.3 Å². The summed E-state index contributed by atoms with van der Waals surface area (Å²) in [5.74, 6) is -0.496. The van der Waals surface area contributed by atoms with E-state index in [1.807, 2.05) is 0 Å². The van der Waals surface area contributed by atoms with Gasteiger partial charge in [-0.3, -0.25) is 0 Å². The van der Waals surface area contributed by atoms with Gasteiger partial charge in [-0.2, -0.15) is 0 Å². The largest absolute Gasteiger partial charge is 0.454 e. The number of carbonyl (C=O) groups is 1. The Hall–Kier alpha value is -0.910. The summed E-state index contributed by atoms with van der Waals surface area (Å²) in [5.41, 5.74) is 0. The lowest BCUT2D eigenvalue weighted by atomic mass is 10.1. The van der Waals surface area contributed by atoms with Crippen molar-refractivity contribution in [1.82, 2.24) is 0 Å². The van der Waals surface area contributed by atoms with Crippen LogP contribution in [0, 0.1) is 0 Å². The predicted octanol–water partition coefficient (Wildman–Crippen LogP) is -0.757. The summed E-state index contributed by atoms with van der Waals surface area (Å²) >= 11 is 0. The Kier molecular flexibility index (Phi) is 2.54. The number of ether oxygens (including phenoxy) is 3. The molecule has 2 heterocycles. The van der Waals surface area contributed by atoms with Crippen LogP contribution >= 0.6 is 0 Å². The first-order chi connectivity index (χ1) is 6.72. The van der Waals surface area contributed by atoms with Crippen molar-refractivity contribution in [2.45, 2.75) is 24.4 Å². The van der Waals surface area contributed by atoms with Crippen LogP contribution in [0.15, 0.2) is 12.7 Å². The topological polar surface area (TPSA) is 65.0 Å². The molecule has 78 valence electrons. The highest BCUT2D eigenvalue weighted by atomic mass is 16.6. The zero-order valence-electron chi connectivity index (χ0n) is 7.59. The van der Waals surface area contributed by atoms with Crippen LogP contribution in [0.1, 0.15) is 0 Å². The highest BCUT2D eigenvalue weighted by molar-refractivity contribution is 5.81. The van der Waals surface area contributed by atoms with Crippen molar-refractivity contribution < 1.29 is 24.1 Å². The SMILES string of the molecule is C=CC(=O)O[C@H]1CO[C@H]2[C@@H]1OC[C@H]2O. The fourth-order valence-electron chi connectivity index (χ4n) is 1.74. The van der Waals surface area contributed by atoms with Crippen LogP contribution < -0.4 is 0 Å². The highest BCUT2D eigenvalue weighted by Gasteiger charge is 2.48. The summed E-state index contributed by atoms with van der Waals surface area (Å²) in [6.45, 7) is 3.80. The summed E-state index contributed by atoms with van der Waals surface area (Å²) in [5, 5.41) is 9.40. The van der Waals surface area contributed by atoms with Gasteiger partial charge in [0, 0.05) is 6.08 Å². The smallest absolute Gasteiger partial charge is 0.330 e. The zero-order valence-corrected chi connectivity index (χ0v) is 7.59. The van der Waals surface area contributed by atoms with E-state index in [9.17, 15) is 9.90 Å². The van der Waals surface area contributed by atoms with Crippen LogP contribution in [-0.2, 0) is 19.0 Å². The van der Waals surface area contributed by atoms with E-state index >= 15 is 0 Å². The van der Waals surface area contributed by atoms with Crippen molar-refractivity contribution in [2.75, 3.05) is 13.2 Å². The van der Waals surface area contributed by atoms with Crippen molar-refractivity contribution in [3.05, 3.63) is 12.7 Å². The van der Waals surface area contributed by atoms with Gasteiger partial charge in [0.05, 0.1) is 13.2 Å². The van der Waals surface area contributed by atoms with E-state index in [2.05, 4.69) is 6.58 Å². The summed E-state index contributed by atoms with van der Waals surface area (Å²) in [6, 6.07) is 0. The first kappa shape index (κ1) is 9.64. The van der Waals surface area contributed by atoms with Crippen molar-refractivity contribution in [1.29, 1.82) is 0 Å². The van der Waals surface area contributed by atoms with Gasteiger partial charge in [0.25, 0.3) is 0 Å². The van der Waals surface area contributed by atoms with E-state index in [4.69, 9.17) is 14.2 Å². The van der Waals surface area contributed by atoms with Crippen LogP contribution in [0.2, 0.25) is 0 Å². The molecule has 0 aromatic carbocycles. The van der Waals surface area contributed by atoms with Gasteiger partial charge in [-0.25, -0.2) is 4.79 Å². The molecule has 14 heavy (non-hydrogen) atoms. The van der Waals surface area contributed by atoms with E-state index in [0.29, 0.717) is 0 Å². The number of hydrogen-bond donors (Lipinski definition) is 1. The number of aliphatic hydroxyl groups excluding tert-OH is 1. The second-order valence-corrected chi connectivity index (χ2v) is 3.34. The molecule has 2 fully saturated rings. The van der Waals surface area contributed by atoms with Crippen molar-refractivity contribution in [2.24, 2.45) is 0 Å². The molecule has 2 rings (SSSR count). The van der Waals surface area contributed by atoms with Gasteiger partial charge < -0.3 is 19.3 Å². The standard InChI is InChI=1S/C9H12O5/c1-2-7(11)14-6-4-13-8-5(10)3-12-9(6)8/h2,5-6,8-10H,1,3-4H2/t5-,6+,8-,9-/m1/s1. The molecule has 0 aromatic rings. The molecule has 2 aliphatic heterocycles. The zero-order chi connectivity index (χ0) is 10.1. The number of rotatable bonds is 2. The molecular formula is C9H12O5. The lowest BCUT2D eigenvalue weighted by Crippen LogP contribution is -2.33. The molecule has 0 spiro atoms. The monoisotopic (exact) mass is 200 g/mol. The second-order valence-electron chi connectivity index (χ2n) is 3.34. The summed E-state index contributed by atoms with van der Waals surface area (Å²) in [7, 11) is 0. The van der Waals surface area contributed by atoms with Gasteiger partial charge >= 0.3 is 5.97 Å². The number of esters is 1. The molecule has 0 radical (unpaired) electrons. The molecule has 0 aromatic heterocycles. The first-order valence-corrected chi connectivity index (χ1v) is 4.46. The van der Waals surface area contributed by atoms with Crippen LogP contribution in [0.4, 0.5) is 0 Å². The van der Waals surface area contributed by atoms with Gasteiger partial charge in [0.2, 0.25) is 0 Å². The Bertz CT molecular complexity index is 252. The molecule has 5 nitrogen and oxygen atoms in total. The van der Waals surface area contributed by atoms with Crippen molar-refractivity contribution in [3.8, 4) is 0 Å². The maximum Gasteiger partial charge on any atom is 0.330 e. The molecule has 0 amide bonds. The summed E-state index contributed by atoms with van der Waals surface area (Å²) < 4.78 is 15.5. The molecule has 0 aliphatic carbocycles. The normalized spacial score (nSPS) is 40.6. The van der Waals surface area contributed by atoms with Crippen LogP contribution in [0.5, 0.6) is 0 Å². The van der Waals surface area contributed by atoms with Gasteiger partial charge in [-0.1, -0.05) is 6.58 Å². The fourth-order valence-corrected chi connectivity index (χ4v) is 1.74.